The monoisotopic (exact) mass is 265 g/mol. The minimum Gasteiger partial charge on any atom is -0.379 e. The summed E-state index contributed by atoms with van der Waals surface area (Å²) in [6.45, 7) is 9.99. The number of likely N-dealkylation sites (N-methyl/N-ethyl adjacent to an activating group) is 1. The first-order valence-electron chi connectivity index (χ1n) is 7.29. The van der Waals surface area contributed by atoms with E-state index < -0.39 is 0 Å². The molecule has 1 atom stereocenters. The van der Waals surface area contributed by atoms with Crippen molar-refractivity contribution in [2.75, 3.05) is 33.0 Å². The number of ether oxygens (including phenoxy) is 2. The lowest BCUT2D eigenvalue weighted by Gasteiger charge is -2.19. The molecule has 0 saturated heterocycles. The van der Waals surface area contributed by atoms with Gasteiger partial charge in [0.1, 0.15) is 0 Å². The molecule has 0 heterocycles. The predicted molar refractivity (Wildman–Crippen MR) is 79.5 cm³/mol. The van der Waals surface area contributed by atoms with Crippen LogP contribution in [0.2, 0.25) is 0 Å². The van der Waals surface area contributed by atoms with Gasteiger partial charge in [-0.25, -0.2) is 0 Å². The summed E-state index contributed by atoms with van der Waals surface area (Å²) in [4.78, 5) is 0. The van der Waals surface area contributed by atoms with E-state index in [1.807, 2.05) is 6.92 Å². The topological polar surface area (TPSA) is 30.5 Å². The second-order valence-electron chi connectivity index (χ2n) is 4.48. The number of benzene rings is 1. The number of hydrogen-bond acceptors (Lipinski definition) is 3. The summed E-state index contributed by atoms with van der Waals surface area (Å²) in [5.74, 6) is 0. The van der Waals surface area contributed by atoms with Gasteiger partial charge in [-0.05, 0) is 31.0 Å². The van der Waals surface area contributed by atoms with E-state index in [1.165, 1.54) is 11.1 Å². The quantitative estimate of drug-likeness (QED) is 0.660. The van der Waals surface area contributed by atoms with Crippen LogP contribution in [0.4, 0.5) is 0 Å². The maximum Gasteiger partial charge on any atom is 0.0701 e. The average molecular weight is 265 g/mol. The predicted octanol–water partition coefficient (Wildman–Crippen LogP) is 2.95. The Kier molecular flexibility index (Phi) is 8.47. The van der Waals surface area contributed by atoms with E-state index in [2.05, 4.69) is 43.4 Å². The lowest BCUT2D eigenvalue weighted by atomic mass is 10.0. The molecule has 108 valence electrons. The van der Waals surface area contributed by atoms with Gasteiger partial charge in [-0.3, -0.25) is 0 Å². The normalized spacial score (nSPS) is 12.6. The molecule has 0 bridgehead atoms. The molecular weight excluding hydrogens is 238 g/mol. The molecule has 1 N–H and O–H groups in total. The lowest BCUT2D eigenvalue weighted by Crippen LogP contribution is -2.26. The van der Waals surface area contributed by atoms with Crippen molar-refractivity contribution in [3.63, 3.8) is 0 Å². The van der Waals surface area contributed by atoms with Gasteiger partial charge in [-0.1, -0.05) is 38.1 Å². The van der Waals surface area contributed by atoms with Crippen LogP contribution in [0.15, 0.2) is 24.3 Å². The van der Waals surface area contributed by atoms with E-state index in [1.54, 1.807) is 0 Å². The number of hydrogen-bond donors (Lipinski definition) is 1. The van der Waals surface area contributed by atoms with Crippen molar-refractivity contribution in [2.45, 2.75) is 33.2 Å². The summed E-state index contributed by atoms with van der Waals surface area (Å²) in [5, 5.41) is 3.46. The standard InChI is InChI=1S/C16H27NO2/c1-4-14-7-9-15(10-8-14)16(17-5-2)13-19-12-11-18-6-3/h7-10,16-17H,4-6,11-13H2,1-3H3. The number of rotatable bonds is 10. The summed E-state index contributed by atoms with van der Waals surface area (Å²) < 4.78 is 10.9. The Morgan fingerprint density at radius 3 is 2.26 bits per heavy atom. The summed E-state index contributed by atoms with van der Waals surface area (Å²) in [7, 11) is 0. The molecule has 0 radical (unpaired) electrons. The fourth-order valence-corrected chi connectivity index (χ4v) is 1.97. The van der Waals surface area contributed by atoms with Crippen molar-refractivity contribution in [1.82, 2.24) is 5.32 Å². The Balaban J connectivity index is 2.45. The summed E-state index contributed by atoms with van der Waals surface area (Å²) in [5.41, 5.74) is 2.66. The van der Waals surface area contributed by atoms with Gasteiger partial charge < -0.3 is 14.8 Å². The van der Waals surface area contributed by atoms with E-state index in [9.17, 15) is 0 Å². The molecule has 0 aliphatic carbocycles. The molecule has 0 aromatic heterocycles. The SMILES string of the molecule is CCNC(COCCOCC)c1ccc(CC)cc1. The Labute approximate surface area is 117 Å². The van der Waals surface area contributed by atoms with Gasteiger partial charge in [0.15, 0.2) is 0 Å². The smallest absolute Gasteiger partial charge is 0.0701 e. The average Bonchev–Trinajstić information content (AvgIpc) is 2.46. The van der Waals surface area contributed by atoms with Crippen LogP contribution in [-0.2, 0) is 15.9 Å². The second-order valence-corrected chi connectivity index (χ2v) is 4.48. The fourth-order valence-electron chi connectivity index (χ4n) is 1.97. The molecule has 0 fully saturated rings. The maximum absolute atomic E-state index is 5.67. The molecule has 0 aliphatic heterocycles. The minimum absolute atomic E-state index is 0.262. The highest BCUT2D eigenvalue weighted by molar-refractivity contribution is 5.25. The van der Waals surface area contributed by atoms with Crippen molar-refractivity contribution in [2.24, 2.45) is 0 Å². The van der Waals surface area contributed by atoms with Crippen LogP contribution in [0.25, 0.3) is 0 Å². The van der Waals surface area contributed by atoms with Gasteiger partial charge in [-0.2, -0.15) is 0 Å². The zero-order valence-corrected chi connectivity index (χ0v) is 12.4. The first-order valence-corrected chi connectivity index (χ1v) is 7.29. The Bertz CT molecular complexity index is 324. The minimum atomic E-state index is 0.262. The zero-order valence-electron chi connectivity index (χ0n) is 12.4. The molecule has 19 heavy (non-hydrogen) atoms. The van der Waals surface area contributed by atoms with Crippen LogP contribution in [0, 0.1) is 0 Å². The van der Waals surface area contributed by atoms with E-state index in [4.69, 9.17) is 9.47 Å². The molecule has 0 amide bonds. The van der Waals surface area contributed by atoms with E-state index in [-0.39, 0.29) is 6.04 Å². The molecule has 3 nitrogen and oxygen atoms in total. The second kappa shape index (κ2) is 9.96. The van der Waals surface area contributed by atoms with Crippen molar-refractivity contribution < 1.29 is 9.47 Å². The van der Waals surface area contributed by atoms with Crippen molar-refractivity contribution >= 4 is 0 Å². The zero-order chi connectivity index (χ0) is 13.9. The molecule has 0 saturated carbocycles. The molecule has 1 aromatic rings. The molecule has 1 aromatic carbocycles. The van der Waals surface area contributed by atoms with Crippen LogP contribution in [-0.4, -0.2) is 33.0 Å². The highest BCUT2D eigenvalue weighted by Gasteiger charge is 2.10. The molecule has 0 spiro atoms. The van der Waals surface area contributed by atoms with Crippen molar-refractivity contribution in [3.8, 4) is 0 Å². The molecule has 0 aliphatic rings. The van der Waals surface area contributed by atoms with Crippen LogP contribution in [0.5, 0.6) is 0 Å². The number of aryl methyl sites for hydroxylation is 1. The fraction of sp³-hybridized carbons (Fsp3) is 0.625. The highest BCUT2D eigenvalue weighted by atomic mass is 16.5. The lowest BCUT2D eigenvalue weighted by molar-refractivity contribution is 0.0435. The third-order valence-corrected chi connectivity index (χ3v) is 3.10. The molecule has 3 heteroatoms. The van der Waals surface area contributed by atoms with Gasteiger partial charge in [0.2, 0.25) is 0 Å². The van der Waals surface area contributed by atoms with Crippen LogP contribution in [0.1, 0.15) is 37.9 Å². The highest BCUT2D eigenvalue weighted by Crippen LogP contribution is 2.14. The Hall–Kier alpha value is -0.900. The third kappa shape index (κ3) is 6.19. The van der Waals surface area contributed by atoms with Crippen molar-refractivity contribution in [1.29, 1.82) is 0 Å². The van der Waals surface area contributed by atoms with Gasteiger partial charge in [-0.15, -0.1) is 0 Å². The van der Waals surface area contributed by atoms with E-state index in [0.717, 1.165) is 19.6 Å². The number of nitrogens with one attached hydrogen (secondary N) is 1. The largest absolute Gasteiger partial charge is 0.379 e. The third-order valence-electron chi connectivity index (χ3n) is 3.10. The first-order chi connectivity index (χ1) is 9.31. The van der Waals surface area contributed by atoms with E-state index in [0.29, 0.717) is 19.8 Å². The summed E-state index contributed by atoms with van der Waals surface area (Å²) in [6.07, 6.45) is 1.08. The Morgan fingerprint density at radius 1 is 1.00 bits per heavy atom. The van der Waals surface area contributed by atoms with E-state index >= 15 is 0 Å². The van der Waals surface area contributed by atoms with Gasteiger partial charge >= 0.3 is 0 Å². The van der Waals surface area contributed by atoms with Gasteiger partial charge in [0.25, 0.3) is 0 Å². The maximum atomic E-state index is 5.67. The molecule has 1 unspecified atom stereocenters. The first kappa shape index (κ1) is 16.2. The summed E-state index contributed by atoms with van der Waals surface area (Å²) in [6, 6.07) is 9.04. The van der Waals surface area contributed by atoms with Crippen LogP contribution in [0.3, 0.4) is 0 Å². The molecule has 1 rings (SSSR count). The summed E-state index contributed by atoms with van der Waals surface area (Å²) >= 11 is 0. The van der Waals surface area contributed by atoms with Gasteiger partial charge in [0.05, 0.1) is 25.9 Å². The Morgan fingerprint density at radius 2 is 1.68 bits per heavy atom. The van der Waals surface area contributed by atoms with Crippen LogP contribution >= 0.6 is 0 Å². The van der Waals surface area contributed by atoms with Crippen LogP contribution < -0.4 is 5.32 Å². The molecular formula is C16H27NO2. The van der Waals surface area contributed by atoms with Gasteiger partial charge in [0, 0.05) is 6.61 Å². The van der Waals surface area contributed by atoms with Crippen molar-refractivity contribution in [3.05, 3.63) is 35.4 Å².